The van der Waals surface area contributed by atoms with Crippen molar-refractivity contribution in [1.82, 2.24) is 0 Å². The standard InChI is InChI=1S/C30H54O5/c1-3-5-27-33-29(23-19-15-11-7-9-13-17-21-25-31)35-30(34-28-6-4-2)24-20-16-12-8-10-14-18-22-26-32/h19-20,23-26,29-30H,3-18,21-22,27-28H2,1-2H3. The first-order valence-corrected chi connectivity index (χ1v) is 14.4. The minimum absolute atomic E-state index is 0.400. The van der Waals surface area contributed by atoms with E-state index >= 15 is 0 Å². The molecule has 0 amide bonds. The van der Waals surface area contributed by atoms with Crippen molar-refractivity contribution in [3.8, 4) is 0 Å². The molecule has 2 atom stereocenters. The quantitative estimate of drug-likeness (QED) is 0.0474. The summed E-state index contributed by atoms with van der Waals surface area (Å²) in [6, 6.07) is 0. The molecule has 0 fully saturated rings. The minimum atomic E-state index is -0.400. The fourth-order valence-corrected chi connectivity index (χ4v) is 3.56. The van der Waals surface area contributed by atoms with Crippen LogP contribution < -0.4 is 0 Å². The van der Waals surface area contributed by atoms with Crippen LogP contribution in [0.4, 0.5) is 0 Å². The third-order valence-corrected chi connectivity index (χ3v) is 5.80. The first-order chi connectivity index (χ1) is 17.3. The van der Waals surface area contributed by atoms with Crippen LogP contribution in [0.3, 0.4) is 0 Å². The molecule has 0 bridgehead atoms. The lowest BCUT2D eigenvalue weighted by molar-refractivity contribution is -0.208. The Bertz CT molecular complexity index is 459. The predicted molar refractivity (Wildman–Crippen MR) is 145 cm³/mol. The summed E-state index contributed by atoms with van der Waals surface area (Å²) in [5, 5.41) is 0. The Balaban J connectivity index is 4.53. The van der Waals surface area contributed by atoms with Gasteiger partial charge in [-0.15, -0.1) is 0 Å². The lowest BCUT2D eigenvalue weighted by Gasteiger charge is -2.21. The Morgan fingerprint density at radius 2 is 0.886 bits per heavy atom. The van der Waals surface area contributed by atoms with Gasteiger partial charge in [0.1, 0.15) is 12.6 Å². The number of ether oxygens (including phenoxy) is 3. The van der Waals surface area contributed by atoms with Crippen LogP contribution in [0.15, 0.2) is 24.3 Å². The number of allylic oxidation sites excluding steroid dienone is 2. The molecule has 5 heteroatoms. The lowest BCUT2D eigenvalue weighted by atomic mass is 10.1. The molecule has 0 aromatic rings. The van der Waals surface area contributed by atoms with Crippen molar-refractivity contribution in [2.75, 3.05) is 13.2 Å². The second-order valence-corrected chi connectivity index (χ2v) is 9.20. The molecule has 0 heterocycles. The second-order valence-electron chi connectivity index (χ2n) is 9.20. The van der Waals surface area contributed by atoms with Crippen LogP contribution in [0.25, 0.3) is 0 Å². The van der Waals surface area contributed by atoms with Gasteiger partial charge in [-0.25, -0.2) is 0 Å². The highest BCUT2D eigenvalue weighted by atomic mass is 16.8. The highest BCUT2D eigenvalue weighted by Gasteiger charge is 2.13. The highest BCUT2D eigenvalue weighted by Crippen LogP contribution is 2.12. The van der Waals surface area contributed by atoms with Crippen LogP contribution in [0.5, 0.6) is 0 Å². The summed E-state index contributed by atoms with van der Waals surface area (Å²) in [7, 11) is 0. The number of unbranched alkanes of at least 4 members (excludes halogenated alkanes) is 14. The molecule has 0 aliphatic carbocycles. The Kier molecular flexibility index (Phi) is 27.9. The molecule has 0 aliphatic heterocycles. The number of hydrogen-bond acceptors (Lipinski definition) is 5. The van der Waals surface area contributed by atoms with Gasteiger partial charge < -0.3 is 23.8 Å². The maximum absolute atomic E-state index is 10.4. The minimum Gasteiger partial charge on any atom is -0.349 e. The molecule has 0 radical (unpaired) electrons. The molecular weight excluding hydrogens is 440 g/mol. The number of aldehydes is 2. The monoisotopic (exact) mass is 494 g/mol. The molecule has 0 aromatic heterocycles. The van der Waals surface area contributed by atoms with Gasteiger partial charge in [0.25, 0.3) is 0 Å². The molecule has 2 unspecified atom stereocenters. The Morgan fingerprint density at radius 1 is 0.514 bits per heavy atom. The molecule has 0 saturated carbocycles. The summed E-state index contributed by atoms with van der Waals surface area (Å²) in [6.45, 7) is 5.67. The summed E-state index contributed by atoms with van der Waals surface area (Å²) in [5.41, 5.74) is 0. The Labute approximate surface area is 216 Å². The summed E-state index contributed by atoms with van der Waals surface area (Å²) in [5.74, 6) is 0. The van der Waals surface area contributed by atoms with E-state index in [1.165, 1.54) is 25.7 Å². The van der Waals surface area contributed by atoms with Crippen LogP contribution in [0.2, 0.25) is 0 Å². The van der Waals surface area contributed by atoms with Gasteiger partial charge in [0.05, 0.1) is 13.2 Å². The zero-order valence-electron chi connectivity index (χ0n) is 22.8. The van der Waals surface area contributed by atoms with Crippen molar-refractivity contribution in [3.05, 3.63) is 24.3 Å². The van der Waals surface area contributed by atoms with Gasteiger partial charge in [-0.1, -0.05) is 77.4 Å². The van der Waals surface area contributed by atoms with E-state index < -0.39 is 12.6 Å². The molecule has 0 rings (SSSR count). The van der Waals surface area contributed by atoms with Crippen molar-refractivity contribution in [2.45, 2.75) is 142 Å². The predicted octanol–water partition coefficient (Wildman–Crippen LogP) is 8.26. The number of hydrogen-bond donors (Lipinski definition) is 0. The molecule has 0 aliphatic rings. The smallest absolute Gasteiger partial charge is 0.180 e. The molecule has 204 valence electrons. The fourth-order valence-electron chi connectivity index (χ4n) is 3.56. The topological polar surface area (TPSA) is 61.8 Å². The third-order valence-electron chi connectivity index (χ3n) is 5.80. The largest absolute Gasteiger partial charge is 0.349 e. The summed E-state index contributed by atoms with van der Waals surface area (Å²) in [4.78, 5) is 20.7. The SMILES string of the molecule is CCCCOC(C=CCCCCCCCC=O)OC(C=CCCCCCCCC=O)OCCCC. The van der Waals surface area contributed by atoms with Crippen LogP contribution in [0.1, 0.15) is 129 Å². The first kappa shape index (κ1) is 33.7. The van der Waals surface area contributed by atoms with Crippen molar-refractivity contribution >= 4 is 12.6 Å². The normalized spacial score (nSPS) is 13.5. The summed E-state index contributed by atoms with van der Waals surface area (Å²) >= 11 is 0. The van der Waals surface area contributed by atoms with Gasteiger partial charge in [-0.2, -0.15) is 0 Å². The van der Waals surface area contributed by atoms with E-state index in [2.05, 4.69) is 26.0 Å². The van der Waals surface area contributed by atoms with Crippen molar-refractivity contribution in [3.63, 3.8) is 0 Å². The third kappa shape index (κ3) is 25.6. The summed E-state index contributed by atoms with van der Waals surface area (Å²) in [6.07, 6.45) is 28.5. The molecule has 5 nitrogen and oxygen atoms in total. The van der Waals surface area contributed by atoms with E-state index in [1.54, 1.807) is 0 Å². The summed E-state index contributed by atoms with van der Waals surface area (Å²) < 4.78 is 18.2. The second kappa shape index (κ2) is 28.9. The molecular formula is C30H54O5. The zero-order valence-corrected chi connectivity index (χ0v) is 22.8. The fraction of sp³-hybridized carbons (Fsp3) is 0.800. The number of carbonyl (C=O) groups is 2. The molecule has 0 saturated heterocycles. The molecule has 0 aromatic carbocycles. The van der Waals surface area contributed by atoms with Gasteiger partial charge >= 0.3 is 0 Å². The first-order valence-electron chi connectivity index (χ1n) is 14.4. The Morgan fingerprint density at radius 3 is 1.26 bits per heavy atom. The maximum atomic E-state index is 10.4. The van der Waals surface area contributed by atoms with Crippen LogP contribution >= 0.6 is 0 Å². The number of carbonyl (C=O) groups excluding carboxylic acids is 2. The molecule has 0 spiro atoms. The average Bonchev–Trinajstić information content (AvgIpc) is 2.86. The number of rotatable bonds is 28. The van der Waals surface area contributed by atoms with Gasteiger partial charge in [0, 0.05) is 12.8 Å². The van der Waals surface area contributed by atoms with Crippen LogP contribution in [0, 0.1) is 0 Å². The van der Waals surface area contributed by atoms with Gasteiger partial charge in [0.2, 0.25) is 0 Å². The van der Waals surface area contributed by atoms with E-state index in [0.29, 0.717) is 26.1 Å². The Hall–Kier alpha value is -1.30. The van der Waals surface area contributed by atoms with Crippen molar-refractivity contribution < 1.29 is 23.8 Å². The average molecular weight is 495 g/mol. The van der Waals surface area contributed by atoms with Gasteiger partial charge in [-0.05, 0) is 63.5 Å². The zero-order chi connectivity index (χ0) is 25.7. The van der Waals surface area contributed by atoms with Gasteiger partial charge in [0.15, 0.2) is 12.6 Å². The van der Waals surface area contributed by atoms with E-state index in [1.807, 2.05) is 12.2 Å². The molecule has 0 N–H and O–H groups in total. The lowest BCUT2D eigenvalue weighted by Crippen LogP contribution is -2.25. The van der Waals surface area contributed by atoms with E-state index in [9.17, 15) is 9.59 Å². The van der Waals surface area contributed by atoms with Crippen molar-refractivity contribution in [2.24, 2.45) is 0 Å². The molecule has 35 heavy (non-hydrogen) atoms. The highest BCUT2D eigenvalue weighted by molar-refractivity contribution is 5.49. The van der Waals surface area contributed by atoms with E-state index in [-0.39, 0.29) is 0 Å². The van der Waals surface area contributed by atoms with E-state index in [4.69, 9.17) is 14.2 Å². The van der Waals surface area contributed by atoms with Crippen molar-refractivity contribution in [1.29, 1.82) is 0 Å². The maximum Gasteiger partial charge on any atom is 0.180 e. The van der Waals surface area contributed by atoms with Crippen LogP contribution in [-0.4, -0.2) is 38.4 Å². The van der Waals surface area contributed by atoms with Crippen LogP contribution in [-0.2, 0) is 23.8 Å². The van der Waals surface area contributed by atoms with E-state index in [0.717, 1.165) is 89.6 Å². The van der Waals surface area contributed by atoms with Gasteiger partial charge in [-0.3, -0.25) is 0 Å².